The molecule has 0 aliphatic carbocycles. The highest BCUT2D eigenvalue weighted by Crippen LogP contribution is 2.21. The Morgan fingerprint density at radius 3 is 2.95 bits per heavy atom. The van der Waals surface area contributed by atoms with Gasteiger partial charge < -0.3 is 14.5 Å². The number of H-pyrrole nitrogens is 1. The topological polar surface area (TPSA) is 67.3 Å². The third-order valence-electron chi connectivity index (χ3n) is 3.17. The molecule has 0 bridgehead atoms. The first-order chi connectivity index (χ1) is 10.3. The van der Waals surface area contributed by atoms with Crippen LogP contribution < -0.4 is 15.8 Å². The number of aromatic nitrogens is 1. The van der Waals surface area contributed by atoms with Crippen LogP contribution in [0.25, 0.3) is 11.1 Å². The molecule has 1 aromatic heterocycles. The SMILES string of the molecule is CCOc1ccccc1CNc1ccc2oc(=O)[nH]c2c1. The van der Waals surface area contributed by atoms with E-state index in [0.29, 0.717) is 24.3 Å². The normalized spacial score (nSPS) is 10.7. The van der Waals surface area contributed by atoms with Gasteiger partial charge in [0.15, 0.2) is 5.58 Å². The third-order valence-corrected chi connectivity index (χ3v) is 3.17. The molecule has 5 nitrogen and oxygen atoms in total. The van der Waals surface area contributed by atoms with E-state index in [4.69, 9.17) is 9.15 Å². The summed E-state index contributed by atoms with van der Waals surface area (Å²) in [6, 6.07) is 13.4. The fourth-order valence-electron chi connectivity index (χ4n) is 2.21. The van der Waals surface area contributed by atoms with Gasteiger partial charge in [0.2, 0.25) is 0 Å². The highest BCUT2D eigenvalue weighted by atomic mass is 16.5. The van der Waals surface area contributed by atoms with Crippen LogP contribution in [0.5, 0.6) is 5.75 Å². The molecule has 0 saturated carbocycles. The summed E-state index contributed by atoms with van der Waals surface area (Å²) in [6.07, 6.45) is 0. The number of para-hydroxylation sites is 1. The molecule has 0 aliphatic rings. The number of hydrogen-bond donors (Lipinski definition) is 2. The van der Waals surface area contributed by atoms with E-state index in [2.05, 4.69) is 10.3 Å². The molecule has 21 heavy (non-hydrogen) atoms. The average molecular weight is 284 g/mol. The van der Waals surface area contributed by atoms with E-state index >= 15 is 0 Å². The smallest absolute Gasteiger partial charge is 0.417 e. The quantitative estimate of drug-likeness (QED) is 0.755. The van der Waals surface area contributed by atoms with Crippen LogP contribution >= 0.6 is 0 Å². The van der Waals surface area contributed by atoms with E-state index in [1.54, 1.807) is 6.07 Å². The summed E-state index contributed by atoms with van der Waals surface area (Å²) in [5, 5.41) is 3.32. The Labute approximate surface area is 121 Å². The number of aromatic amines is 1. The Bertz CT molecular complexity index is 804. The lowest BCUT2D eigenvalue weighted by molar-refractivity contribution is 0.337. The predicted molar refractivity (Wildman–Crippen MR) is 81.8 cm³/mol. The van der Waals surface area contributed by atoms with Gasteiger partial charge >= 0.3 is 5.76 Å². The van der Waals surface area contributed by atoms with Gasteiger partial charge in [0.05, 0.1) is 12.1 Å². The average Bonchev–Trinajstić information content (AvgIpc) is 2.86. The van der Waals surface area contributed by atoms with Gasteiger partial charge in [-0.3, -0.25) is 4.98 Å². The molecular weight excluding hydrogens is 268 g/mol. The minimum Gasteiger partial charge on any atom is -0.494 e. The zero-order valence-electron chi connectivity index (χ0n) is 11.7. The maximum absolute atomic E-state index is 11.1. The predicted octanol–water partition coefficient (Wildman–Crippen LogP) is 3.13. The van der Waals surface area contributed by atoms with Crippen molar-refractivity contribution in [2.24, 2.45) is 0 Å². The van der Waals surface area contributed by atoms with Crippen molar-refractivity contribution in [2.75, 3.05) is 11.9 Å². The summed E-state index contributed by atoms with van der Waals surface area (Å²) in [5.74, 6) is 0.439. The molecule has 0 spiro atoms. The minimum atomic E-state index is -0.441. The number of rotatable bonds is 5. The number of nitrogens with one attached hydrogen (secondary N) is 2. The third kappa shape index (κ3) is 2.91. The van der Waals surface area contributed by atoms with E-state index in [9.17, 15) is 4.79 Å². The van der Waals surface area contributed by atoms with Gasteiger partial charge in [-0.25, -0.2) is 4.79 Å². The Morgan fingerprint density at radius 1 is 1.24 bits per heavy atom. The molecule has 3 aromatic rings. The van der Waals surface area contributed by atoms with E-state index in [1.165, 1.54) is 0 Å². The van der Waals surface area contributed by atoms with Gasteiger partial charge in [-0.15, -0.1) is 0 Å². The van der Waals surface area contributed by atoms with Crippen molar-refractivity contribution in [1.29, 1.82) is 0 Å². The number of benzene rings is 2. The molecule has 0 saturated heterocycles. The van der Waals surface area contributed by atoms with Gasteiger partial charge in [-0.1, -0.05) is 18.2 Å². The number of oxazole rings is 1. The maximum Gasteiger partial charge on any atom is 0.417 e. The molecule has 0 aliphatic heterocycles. The second kappa shape index (κ2) is 5.75. The van der Waals surface area contributed by atoms with Crippen LogP contribution in [0.1, 0.15) is 12.5 Å². The highest BCUT2D eigenvalue weighted by molar-refractivity contribution is 5.76. The molecule has 1 heterocycles. The minimum absolute atomic E-state index is 0.441. The van der Waals surface area contributed by atoms with Gasteiger partial charge in [-0.05, 0) is 31.2 Å². The number of ether oxygens (including phenoxy) is 1. The van der Waals surface area contributed by atoms with Gasteiger partial charge in [0.1, 0.15) is 5.75 Å². The van der Waals surface area contributed by atoms with Crippen LogP contribution in [0.3, 0.4) is 0 Å². The van der Waals surface area contributed by atoms with Crippen molar-refractivity contribution in [3.05, 3.63) is 58.6 Å². The van der Waals surface area contributed by atoms with E-state index < -0.39 is 5.76 Å². The van der Waals surface area contributed by atoms with E-state index in [1.807, 2.05) is 43.3 Å². The van der Waals surface area contributed by atoms with Gasteiger partial charge in [0.25, 0.3) is 0 Å². The van der Waals surface area contributed by atoms with Crippen molar-refractivity contribution in [3.8, 4) is 5.75 Å². The summed E-state index contributed by atoms with van der Waals surface area (Å²) in [5.41, 5.74) is 3.23. The van der Waals surface area contributed by atoms with Crippen LogP contribution in [-0.2, 0) is 6.54 Å². The Hall–Kier alpha value is -2.69. The molecular formula is C16H16N2O3. The Balaban J connectivity index is 1.78. The zero-order chi connectivity index (χ0) is 14.7. The first kappa shape index (κ1) is 13.3. The van der Waals surface area contributed by atoms with Crippen LogP contribution in [0.2, 0.25) is 0 Å². The van der Waals surface area contributed by atoms with Crippen LogP contribution in [0.4, 0.5) is 5.69 Å². The summed E-state index contributed by atoms with van der Waals surface area (Å²) < 4.78 is 10.6. The van der Waals surface area contributed by atoms with Crippen LogP contribution in [0.15, 0.2) is 51.7 Å². The molecule has 2 aromatic carbocycles. The van der Waals surface area contributed by atoms with Crippen LogP contribution in [0, 0.1) is 0 Å². The van der Waals surface area contributed by atoms with Gasteiger partial charge in [-0.2, -0.15) is 0 Å². The van der Waals surface area contributed by atoms with Crippen molar-refractivity contribution in [1.82, 2.24) is 4.98 Å². The first-order valence-electron chi connectivity index (χ1n) is 6.83. The monoisotopic (exact) mass is 284 g/mol. The lowest BCUT2D eigenvalue weighted by Crippen LogP contribution is -2.03. The standard InChI is InChI=1S/C16H16N2O3/c1-2-20-14-6-4-3-5-11(14)10-17-12-7-8-15-13(9-12)18-16(19)21-15/h3-9,17H,2,10H2,1H3,(H,18,19). The fraction of sp³-hybridized carbons (Fsp3) is 0.188. The molecule has 0 atom stereocenters. The summed E-state index contributed by atoms with van der Waals surface area (Å²) in [4.78, 5) is 13.8. The largest absolute Gasteiger partial charge is 0.494 e. The molecule has 0 unspecified atom stereocenters. The lowest BCUT2D eigenvalue weighted by atomic mass is 10.2. The molecule has 5 heteroatoms. The second-order valence-corrected chi connectivity index (χ2v) is 4.62. The molecule has 0 fully saturated rings. The summed E-state index contributed by atoms with van der Waals surface area (Å²) in [6.45, 7) is 3.25. The maximum atomic E-state index is 11.1. The molecule has 108 valence electrons. The summed E-state index contributed by atoms with van der Waals surface area (Å²) in [7, 11) is 0. The van der Waals surface area contributed by atoms with Crippen molar-refractivity contribution in [3.63, 3.8) is 0 Å². The van der Waals surface area contributed by atoms with Crippen molar-refractivity contribution < 1.29 is 9.15 Å². The Kier molecular flexibility index (Phi) is 3.64. The van der Waals surface area contributed by atoms with Crippen molar-refractivity contribution >= 4 is 16.8 Å². The first-order valence-corrected chi connectivity index (χ1v) is 6.83. The van der Waals surface area contributed by atoms with E-state index in [0.717, 1.165) is 17.0 Å². The number of fused-ring (bicyclic) bond motifs is 1. The second-order valence-electron chi connectivity index (χ2n) is 4.62. The molecule has 2 N–H and O–H groups in total. The fourth-order valence-corrected chi connectivity index (χ4v) is 2.21. The van der Waals surface area contributed by atoms with Crippen molar-refractivity contribution in [2.45, 2.75) is 13.5 Å². The van der Waals surface area contributed by atoms with Gasteiger partial charge in [0, 0.05) is 17.8 Å². The lowest BCUT2D eigenvalue weighted by Gasteiger charge is -2.11. The highest BCUT2D eigenvalue weighted by Gasteiger charge is 2.04. The number of hydrogen-bond acceptors (Lipinski definition) is 4. The summed E-state index contributed by atoms with van der Waals surface area (Å²) >= 11 is 0. The van der Waals surface area contributed by atoms with Crippen LogP contribution in [-0.4, -0.2) is 11.6 Å². The zero-order valence-corrected chi connectivity index (χ0v) is 11.7. The molecule has 0 amide bonds. The number of anilines is 1. The van der Waals surface area contributed by atoms with E-state index in [-0.39, 0.29) is 0 Å². The molecule has 0 radical (unpaired) electrons. The molecule has 3 rings (SSSR count). The Morgan fingerprint density at radius 2 is 2.10 bits per heavy atom.